The third-order valence-corrected chi connectivity index (χ3v) is 2.24. The van der Waals surface area contributed by atoms with E-state index in [0.717, 1.165) is 5.75 Å². The molecule has 10 heavy (non-hydrogen) atoms. The van der Waals surface area contributed by atoms with Gasteiger partial charge in [0.25, 0.3) is 0 Å². The molecular formula is C7H16N2S. The van der Waals surface area contributed by atoms with E-state index in [1.807, 2.05) is 0 Å². The molecule has 0 aliphatic carbocycles. The number of amidine groups is 1. The van der Waals surface area contributed by atoms with Gasteiger partial charge in [-0.05, 0) is 12.2 Å². The van der Waals surface area contributed by atoms with Gasteiger partial charge in [-0.2, -0.15) is 11.8 Å². The van der Waals surface area contributed by atoms with Crippen LogP contribution in [0.3, 0.4) is 0 Å². The van der Waals surface area contributed by atoms with Crippen molar-refractivity contribution in [3.8, 4) is 0 Å². The van der Waals surface area contributed by atoms with E-state index in [-0.39, 0.29) is 0 Å². The molecule has 0 radical (unpaired) electrons. The van der Waals surface area contributed by atoms with Crippen molar-refractivity contribution in [3.63, 3.8) is 0 Å². The molecule has 0 spiro atoms. The smallest absolute Gasteiger partial charge is 0.101 e. The van der Waals surface area contributed by atoms with Crippen molar-refractivity contribution in [2.75, 3.05) is 11.5 Å². The maximum atomic E-state index is 6.93. The molecule has 0 saturated carbocycles. The van der Waals surface area contributed by atoms with E-state index < -0.39 is 0 Å². The third-order valence-electron chi connectivity index (χ3n) is 1.15. The van der Waals surface area contributed by atoms with Crippen LogP contribution < -0.4 is 5.73 Å². The fourth-order valence-electron chi connectivity index (χ4n) is 0.636. The van der Waals surface area contributed by atoms with Crippen LogP contribution in [-0.2, 0) is 0 Å². The minimum absolute atomic E-state index is 0.293. The molecule has 0 bridgehead atoms. The summed E-state index contributed by atoms with van der Waals surface area (Å²) in [7, 11) is 0. The van der Waals surface area contributed by atoms with Gasteiger partial charge in [0.15, 0.2) is 0 Å². The summed E-state index contributed by atoms with van der Waals surface area (Å²) in [6, 6.07) is 0. The number of hydrogen-bond acceptors (Lipinski definition) is 2. The van der Waals surface area contributed by atoms with Gasteiger partial charge < -0.3 is 5.73 Å². The van der Waals surface area contributed by atoms with E-state index in [2.05, 4.69) is 6.92 Å². The molecular weight excluding hydrogens is 144 g/mol. The Morgan fingerprint density at radius 1 is 1.50 bits per heavy atom. The van der Waals surface area contributed by atoms with E-state index in [4.69, 9.17) is 11.1 Å². The second-order valence-electron chi connectivity index (χ2n) is 2.28. The largest absolute Gasteiger partial charge is 0.387 e. The summed E-state index contributed by atoms with van der Waals surface area (Å²) < 4.78 is 0. The van der Waals surface area contributed by atoms with Gasteiger partial charge in [0.05, 0.1) is 5.75 Å². The van der Waals surface area contributed by atoms with Crippen molar-refractivity contribution >= 4 is 17.6 Å². The molecule has 0 aromatic heterocycles. The molecule has 0 rings (SSSR count). The number of unbranched alkanes of at least 4 members (excludes halogenated alkanes) is 2. The minimum atomic E-state index is 0.293. The Kier molecular flexibility index (Phi) is 6.81. The summed E-state index contributed by atoms with van der Waals surface area (Å²) in [4.78, 5) is 0. The highest BCUT2D eigenvalue weighted by Crippen LogP contribution is 2.04. The van der Waals surface area contributed by atoms with E-state index in [0.29, 0.717) is 11.6 Å². The molecule has 0 aromatic rings. The summed E-state index contributed by atoms with van der Waals surface area (Å²) in [5.41, 5.74) is 5.17. The first-order valence-electron chi connectivity index (χ1n) is 3.68. The third kappa shape index (κ3) is 7.82. The maximum absolute atomic E-state index is 6.93. The number of thioether (sulfide) groups is 1. The van der Waals surface area contributed by atoms with Gasteiger partial charge >= 0.3 is 0 Å². The minimum Gasteiger partial charge on any atom is -0.387 e. The summed E-state index contributed by atoms with van der Waals surface area (Å²) in [5.74, 6) is 2.14. The highest BCUT2D eigenvalue weighted by atomic mass is 32.2. The van der Waals surface area contributed by atoms with Crippen LogP contribution in [0.25, 0.3) is 0 Å². The van der Waals surface area contributed by atoms with Crippen LogP contribution in [0.1, 0.15) is 26.2 Å². The van der Waals surface area contributed by atoms with Crippen LogP contribution in [0.5, 0.6) is 0 Å². The maximum Gasteiger partial charge on any atom is 0.101 e. The predicted octanol–water partition coefficient (Wildman–Crippen LogP) is 1.85. The van der Waals surface area contributed by atoms with Crippen molar-refractivity contribution in [1.29, 1.82) is 5.41 Å². The normalized spacial score (nSPS) is 9.70. The van der Waals surface area contributed by atoms with Crippen LogP contribution in [0, 0.1) is 5.41 Å². The van der Waals surface area contributed by atoms with Gasteiger partial charge in [0, 0.05) is 0 Å². The van der Waals surface area contributed by atoms with Crippen molar-refractivity contribution in [2.45, 2.75) is 26.2 Å². The van der Waals surface area contributed by atoms with Crippen molar-refractivity contribution in [3.05, 3.63) is 0 Å². The van der Waals surface area contributed by atoms with E-state index >= 15 is 0 Å². The van der Waals surface area contributed by atoms with Crippen LogP contribution in [0.15, 0.2) is 0 Å². The molecule has 0 aliphatic rings. The van der Waals surface area contributed by atoms with Gasteiger partial charge in [-0.15, -0.1) is 0 Å². The van der Waals surface area contributed by atoms with Gasteiger partial charge in [0.2, 0.25) is 0 Å². The lowest BCUT2D eigenvalue weighted by molar-refractivity contribution is 0.779. The Bertz CT molecular complexity index is 93.6. The highest BCUT2D eigenvalue weighted by molar-refractivity contribution is 7.99. The SMILES string of the molecule is CCCCCSCC(=N)N. The molecule has 0 saturated heterocycles. The topological polar surface area (TPSA) is 49.9 Å². The van der Waals surface area contributed by atoms with E-state index in [9.17, 15) is 0 Å². The molecule has 2 nitrogen and oxygen atoms in total. The molecule has 3 heteroatoms. The molecule has 0 atom stereocenters. The number of nitrogens with one attached hydrogen (secondary N) is 1. The van der Waals surface area contributed by atoms with Gasteiger partial charge in [-0.3, -0.25) is 5.41 Å². The number of rotatable bonds is 6. The Morgan fingerprint density at radius 2 is 2.20 bits per heavy atom. The van der Waals surface area contributed by atoms with Crippen LogP contribution >= 0.6 is 11.8 Å². The fraction of sp³-hybridized carbons (Fsp3) is 0.857. The van der Waals surface area contributed by atoms with E-state index in [1.54, 1.807) is 11.8 Å². The first-order valence-corrected chi connectivity index (χ1v) is 4.83. The first-order chi connectivity index (χ1) is 4.77. The average Bonchev–Trinajstić information content (AvgIpc) is 1.87. The standard InChI is InChI=1S/C7H16N2S/c1-2-3-4-5-10-6-7(8)9/h2-6H2,1H3,(H3,8,9). The lowest BCUT2D eigenvalue weighted by Crippen LogP contribution is -2.12. The number of hydrogen-bond donors (Lipinski definition) is 2. The number of nitrogens with two attached hydrogens (primary N) is 1. The van der Waals surface area contributed by atoms with Crippen molar-refractivity contribution in [2.24, 2.45) is 5.73 Å². The van der Waals surface area contributed by atoms with Gasteiger partial charge in [-0.25, -0.2) is 0 Å². The van der Waals surface area contributed by atoms with Crippen LogP contribution in [-0.4, -0.2) is 17.3 Å². The van der Waals surface area contributed by atoms with E-state index in [1.165, 1.54) is 19.3 Å². The molecule has 3 N–H and O–H groups in total. The second-order valence-corrected chi connectivity index (χ2v) is 3.39. The summed E-state index contributed by atoms with van der Waals surface area (Å²) >= 11 is 1.75. The zero-order chi connectivity index (χ0) is 7.82. The Hall–Kier alpha value is -0.180. The zero-order valence-corrected chi connectivity index (χ0v) is 7.34. The quantitative estimate of drug-likeness (QED) is 0.354. The molecule has 60 valence electrons. The molecule has 0 aromatic carbocycles. The van der Waals surface area contributed by atoms with Crippen LogP contribution in [0.2, 0.25) is 0 Å². The Balaban J connectivity index is 2.84. The molecule has 0 amide bonds. The lowest BCUT2D eigenvalue weighted by Gasteiger charge is -1.97. The van der Waals surface area contributed by atoms with Gasteiger partial charge in [0.1, 0.15) is 5.84 Å². The van der Waals surface area contributed by atoms with Crippen molar-refractivity contribution < 1.29 is 0 Å². The molecule has 0 aliphatic heterocycles. The summed E-state index contributed by atoms with van der Waals surface area (Å²) in [6.07, 6.45) is 3.82. The Labute approximate surface area is 67.1 Å². The summed E-state index contributed by atoms with van der Waals surface area (Å²) in [6.45, 7) is 2.19. The lowest BCUT2D eigenvalue weighted by atomic mass is 10.3. The first kappa shape index (κ1) is 9.82. The molecule has 0 unspecified atom stereocenters. The van der Waals surface area contributed by atoms with Crippen LogP contribution in [0.4, 0.5) is 0 Å². The molecule has 0 heterocycles. The highest BCUT2D eigenvalue weighted by Gasteiger charge is 1.90. The average molecular weight is 160 g/mol. The second kappa shape index (κ2) is 6.93. The van der Waals surface area contributed by atoms with Gasteiger partial charge in [-0.1, -0.05) is 19.8 Å². The zero-order valence-electron chi connectivity index (χ0n) is 6.52. The molecule has 0 fully saturated rings. The summed E-state index contributed by atoms with van der Waals surface area (Å²) in [5, 5.41) is 6.93. The predicted molar refractivity (Wildman–Crippen MR) is 48.8 cm³/mol. The fourth-order valence-corrected chi connectivity index (χ4v) is 1.41. The Morgan fingerprint density at radius 3 is 2.70 bits per heavy atom. The van der Waals surface area contributed by atoms with Crippen molar-refractivity contribution in [1.82, 2.24) is 0 Å². The monoisotopic (exact) mass is 160 g/mol.